The standard InChI is InChI=1S/C20H25N3O2/c1-22(2)20(24)19-10-9-17-18(25-19)11-12-23(17)13-15-8-7-14-5-3-4-6-16(14)21-15/h3-8,17-19H,9-13H2,1-2H3/t17-,18-,19+/m1/s1. The second-order valence-corrected chi connectivity index (χ2v) is 7.29. The third-order valence-electron chi connectivity index (χ3n) is 5.40. The van der Waals surface area contributed by atoms with Crippen molar-refractivity contribution in [3.63, 3.8) is 0 Å². The highest BCUT2D eigenvalue weighted by atomic mass is 16.5. The molecule has 2 saturated heterocycles. The lowest BCUT2D eigenvalue weighted by atomic mass is 9.98. The number of aromatic nitrogens is 1. The van der Waals surface area contributed by atoms with Gasteiger partial charge in [-0.3, -0.25) is 14.7 Å². The monoisotopic (exact) mass is 339 g/mol. The van der Waals surface area contributed by atoms with Crippen molar-refractivity contribution in [2.24, 2.45) is 0 Å². The second kappa shape index (κ2) is 6.73. The quantitative estimate of drug-likeness (QED) is 0.862. The smallest absolute Gasteiger partial charge is 0.251 e. The van der Waals surface area contributed by atoms with E-state index >= 15 is 0 Å². The van der Waals surface area contributed by atoms with Crippen LogP contribution in [-0.4, -0.2) is 59.6 Å². The van der Waals surface area contributed by atoms with Crippen molar-refractivity contribution in [2.75, 3.05) is 20.6 Å². The number of pyridine rings is 1. The van der Waals surface area contributed by atoms with Gasteiger partial charge in [-0.05, 0) is 31.4 Å². The molecule has 0 unspecified atom stereocenters. The number of carbonyl (C=O) groups is 1. The van der Waals surface area contributed by atoms with Crippen LogP contribution in [0.1, 0.15) is 25.0 Å². The minimum Gasteiger partial charge on any atom is -0.363 e. The zero-order chi connectivity index (χ0) is 17.4. The van der Waals surface area contributed by atoms with Crippen LogP contribution in [0.2, 0.25) is 0 Å². The van der Waals surface area contributed by atoms with Crippen molar-refractivity contribution in [3.8, 4) is 0 Å². The molecule has 1 aromatic carbocycles. The van der Waals surface area contributed by atoms with Crippen molar-refractivity contribution >= 4 is 16.8 Å². The summed E-state index contributed by atoms with van der Waals surface area (Å²) in [5.74, 6) is 0.0908. The molecular formula is C20H25N3O2. The molecule has 25 heavy (non-hydrogen) atoms. The van der Waals surface area contributed by atoms with Crippen molar-refractivity contribution < 1.29 is 9.53 Å². The number of hydrogen-bond donors (Lipinski definition) is 0. The Morgan fingerprint density at radius 3 is 2.88 bits per heavy atom. The molecule has 2 fully saturated rings. The number of ether oxygens (including phenoxy) is 1. The molecule has 0 radical (unpaired) electrons. The first kappa shape index (κ1) is 16.5. The number of benzene rings is 1. The zero-order valence-corrected chi connectivity index (χ0v) is 14.9. The molecule has 0 bridgehead atoms. The summed E-state index contributed by atoms with van der Waals surface area (Å²) in [4.78, 5) is 21.1. The van der Waals surface area contributed by atoms with Gasteiger partial charge in [-0.15, -0.1) is 0 Å². The summed E-state index contributed by atoms with van der Waals surface area (Å²) in [6, 6.07) is 12.9. The van der Waals surface area contributed by atoms with Gasteiger partial charge in [0.15, 0.2) is 0 Å². The third-order valence-corrected chi connectivity index (χ3v) is 5.40. The predicted octanol–water partition coefficient (Wildman–Crippen LogP) is 2.44. The first-order valence-corrected chi connectivity index (χ1v) is 9.07. The largest absolute Gasteiger partial charge is 0.363 e. The molecule has 2 aliphatic rings. The summed E-state index contributed by atoms with van der Waals surface area (Å²) in [5.41, 5.74) is 2.15. The van der Waals surface area contributed by atoms with Gasteiger partial charge in [0.25, 0.3) is 5.91 Å². The van der Waals surface area contributed by atoms with E-state index in [0.29, 0.717) is 6.04 Å². The van der Waals surface area contributed by atoms with Gasteiger partial charge in [0, 0.05) is 38.6 Å². The Labute approximate surface area is 148 Å². The molecule has 3 heterocycles. The lowest BCUT2D eigenvalue weighted by Gasteiger charge is -2.36. The summed E-state index contributed by atoms with van der Waals surface area (Å²) in [5, 5.41) is 1.18. The van der Waals surface area contributed by atoms with Gasteiger partial charge in [0.1, 0.15) is 6.10 Å². The molecule has 2 aromatic rings. The van der Waals surface area contributed by atoms with E-state index in [4.69, 9.17) is 9.72 Å². The number of fused-ring (bicyclic) bond motifs is 2. The number of carbonyl (C=O) groups excluding carboxylic acids is 1. The van der Waals surface area contributed by atoms with Crippen LogP contribution in [-0.2, 0) is 16.1 Å². The molecule has 1 aromatic heterocycles. The first-order valence-electron chi connectivity index (χ1n) is 9.07. The minimum absolute atomic E-state index is 0.0908. The number of likely N-dealkylation sites (N-methyl/N-ethyl adjacent to an activating group) is 1. The zero-order valence-electron chi connectivity index (χ0n) is 14.9. The van der Waals surface area contributed by atoms with Gasteiger partial charge in [0.2, 0.25) is 0 Å². The highest BCUT2D eigenvalue weighted by Gasteiger charge is 2.41. The fourth-order valence-corrected chi connectivity index (χ4v) is 4.09. The number of nitrogens with zero attached hydrogens (tertiary/aromatic N) is 3. The molecule has 5 nitrogen and oxygen atoms in total. The Morgan fingerprint density at radius 1 is 1.20 bits per heavy atom. The highest BCUT2D eigenvalue weighted by Crippen LogP contribution is 2.32. The molecular weight excluding hydrogens is 314 g/mol. The Hall–Kier alpha value is -1.98. The van der Waals surface area contributed by atoms with E-state index < -0.39 is 0 Å². The number of para-hydroxylation sites is 1. The summed E-state index contributed by atoms with van der Waals surface area (Å²) < 4.78 is 6.12. The lowest BCUT2D eigenvalue weighted by molar-refractivity contribution is -0.152. The average Bonchev–Trinajstić information content (AvgIpc) is 3.03. The van der Waals surface area contributed by atoms with Crippen LogP contribution in [0.25, 0.3) is 10.9 Å². The Bertz CT molecular complexity index is 776. The summed E-state index contributed by atoms with van der Waals surface area (Å²) in [6.45, 7) is 1.86. The molecule has 2 aliphatic heterocycles. The molecule has 0 N–H and O–H groups in total. The van der Waals surface area contributed by atoms with Crippen molar-refractivity contribution in [1.82, 2.24) is 14.8 Å². The summed E-state index contributed by atoms with van der Waals surface area (Å²) >= 11 is 0. The summed E-state index contributed by atoms with van der Waals surface area (Å²) in [7, 11) is 3.59. The molecule has 0 saturated carbocycles. The third kappa shape index (κ3) is 3.26. The van der Waals surface area contributed by atoms with Crippen molar-refractivity contribution in [1.29, 1.82) is 0 Å². The number of rotatable bonds is 3. The van der Waals surface area contributed by atoms with Gasteiger partial charge in [-0.2, -0.15) is 0 Å². The normalized spacial score (nSPS) is 26.6. The molecule has 0 aliphatic carbocycles. The highest BCUT2D eigenvalue weighted by molar-refractivity contribution is 5.80. The predicted molar refractivity (Wildman–Crippen MR) is 97.1 cm³/mol. The number of likely N-dealkylation sites (tertiary alicyclic amines) is 1. The van der Waals surface area contributed by atoms with E-state index in [-0.39, 0.29) is 18.1 Å². The van der Waals surface area contributed by atoms with Crippen LogP contribution in [0, 0.1) is 0 Å². The molecule has 1 amide bonds. The summed E-state index contributed by atoms with van der Waals surface area (Å²) in [6.07, 6.45) is 2.72. The maximum absolute atomic E-state index is 12.2. The Morgan fingerprint density at radius 2 is 2.04 bits per heavy atom. The van der Waals surface area contributed by atoms with Crippen LogP contribution < -0.4 is 0 Å². The maximum Gasteiger partial charge on any atom is 0.251 e. The van der Waals surface area contributed by atoms with E-state index in [9.17, 15) is 4.79 Å². The van der Waals surface area contributed by atoms with Crippen LogP contribution in [0.3, 0.4) is 0 Å². The van der Waals surface area contributed by atoms with Gasteiger partial charge >= 0.3 is 0 Å². The van der Waals surface area contributed by atoms with E-state index in [1.54, 1.807) is 19.0 Å². The number of amides is 1. The van der Waals surface area contributed by atoms with Crippen LogP contribution >= 0.6 is 0 Å². The fraction of sp³-hybridized carbons (Fsp3) is 0.500. The van der Waals surface area contributed by atoms with Gasteiger partial charge in [0.05, 0.1) is 17.3 Å². The van der Waals surface area contributed by atoms with Crippen LogP contribution in [0.4, 0.5) is 0 Å². The van der Waals surface area contributed by atoms with E-state index in [1.165, 1.54) is 5.39 Å². The maximum atomic E-state index is 12.2. The van der Waals surface area contributed by atoms with E-state index in [2.05, 4.69) is 29.2 Å². The topological polar surface area (TPSA) is 45.7 Å². The van der Waals surface area contributed by atoms with Crippen molar-refractivity contribution in [3.05, 3.63) is 42.1 Å². The average molecular weight is 339 g/mol. The van der Waals surface area contributed by atoms with E-state index in [1.807, 2.05) is 12.1 Å². The molecule has 4 rings (SSSR count). The van der Waals surface area contributed by atoms with Crippen molar-refractivity contribution in [2.45, 2.75) is 44.1 Å². The molecule has 5 heteroatoms. The SMILES string of the molecule is CN(C)C(=O)[C@@H]1CC[C@@H]2[C@@H](CCN2Cc2ccc3ccccc3n2)O1. The fourth-order valence-electron chi connectivity index (χ4n) is 4.09. The number of hydrogen-bond acceptors (Lipinski definition) is 4. The Balaban J connectivity index is 1.44. The van der Waals surface area contributed by atoms with Crippen LogP contribution in [0.5, 0.6) is 0 Å². The molecule has 0 spiro atoms. The first-order chi connectivity index (χ1) is 12.1. The van der Waals surface area contributed by atoms with Crippen LogP contribution in [0.15, 0.2) is 36.4 Å². The lowest BCUT2D eigenvalue weighted by Crippen LogP contribution is -2.47. The van der Waals surface area contributed by atoms with E-state index in [0.717, 1.165) is 43.6 Å². The van der Waals surface area contributed by atoms with Gasteiger partial charge < -0.3 is 9.64 Å². The second-order valence-electron chi connectivity index (χ2n) is 7.29. The Kier molecular flexibility index (Phi) is 4.44. The molecule has 3 atom stereocenters. The minimum atomic E-state index is -0.269. The van der Waals surface area contributed by atoms with Gasteiger partial charge in [-0.1, -0.05) is 24.3 Å². The van der Waals surface area contributed by atoms with Gasteiger partial charge in [-0.25, -0.2) is 0 Å². The molecule has 132 valence electrons.